The average Bonchev–Trinajstić information content (AvgIpc) is 2.67. The van der Waals surface area contributed by atoms with E-state index in [0.29, 0.717) is 23.0 Å². The van der Waals surface area contributed by atoms with Crippen LogP contribution >= 0.6 is 23.4 Å². The Labute approximate surface area is 174 Å². The van der Waals surface area contributed by atoms with E-state index in [4.69, 9.17) is 11.6 Å². The monoisotopic (exact) mass is 440 g/mol. The minimum Gasteiger partial charge on any atom is -0.370 e. The van der Waals surface area contributed by atoms with Crippen molar-refractivity contribution in [3.05, 3.63) is 53.1 Å². The van der Waals surface area contributed by atoms with Crippen molar-refractivity contribution in [2.75, 3.05) is 22.9 Å². The number of anilines is 2. The number of carbonyl (C=O) groups excluding carboxylic acids is 1. The molecule has 0 aliphatic heterocycles. The molecule has 1 aromatic heterocycles. The van der Waals surface area contributed by atoms with E-state index < -0.39 is 23.3 Å². The largest absolute Gasteiger partial charge is 0.418 e. The highest BCUT2D eigenvalue weighted by atomic mass is 35.5. The number of hydrogen-bond acceptors (Lipinski definition) is 5. The summed E-state index contributed by atoms with van der Waals surface area (Å²) in [7, 11) is 0. The molecule has 0 radical (unpaired) electrons. The van der Waals surface area contributed by atoms with Crippen LogP contribution in [0.2, 0.25) is 5.02 Å². The maximum atomic E-state index is 13.2. The Balaban J connectivity index is 1.77. The first kappa shape index (κ1) is 21.2. The fraction of sp³-hybridized carbons (Fsp3) is 0.211. The number of rotatable bonds is 6. The summed E-state index contributed by atoms with van der Waals surface area (Å²) in [4.78, 5) is 21.1. The van der Waals surface area contributed by atoms with E-state index in [1.54, 1.807) is 0 Å². The molecule has 3 aromatic rings. The van der Waals surface area contributed by atoms with Gasteiger partial charge in [-0.05, 0) is 31.2 Å². The Kier molecular flexibility index (Phi) is 6.49. The Hall–Kier alpha value is -2.52. The van der Waals surface area contributed by atoms with Gasteiger partial charge in [-0.15, -0.1) is 0 Å². The number of para-hydroxylation sites is 2. The van der Waals surface area contributed by atoms with Gasteiger partial charge in [0.2, 0.25) is 5.91 Å². The maximum Gasteiger partial charge on any atom is 0.418 e. The van der Waals surface area contributed by atoms with Gasteiger partial charge in [0.1, 0.15) is 5.82 Å². The SMILES string of the molecule is CCNc1nc(SCC(=O)Nc2c(Cl)cccc2C(F)(F)F)nc2ccccc12. The van der Waals surface area contributed by atoms with Crippen LogP contribution in [0.4, 0.5) is 24.7 Å². The van der Waals surface area contributed by atoms with Crippen LogP contribution in [0, 0.1) is 0 Å². The molecule has 1 amide bonds. The Morgan fingerprint density at radius 2 is 1.90 bits per heavy atom. The second-order valence-corrected chi connectivity index (χ2v) is 7.25. The Morgan fingerprint density at radius 1 is 1.14 bits per heavy atom. The zero-order valence-electron chi connectivity index (χ0n) is 15.2. The van der Waals surface area contributed by atoms with Gasteiger partial charge in [-0.3, -0.25) is 4.79 Å². The van der Waals surface area contributed by atoms with Gasteiger partial charge in [0, 0.05) is 11.9 Å². The molecule has 0 aliphatic carbocycles. The third-order valence-corrected chi connectivity index (χ3v) is 5.00. The molecule has 0 aliphatic rings. The summed E-state index contributed by atoms with van der Waals surface area (Å²) in [5, 5.41) is 6.39. The van der Waals surface area contributed by atoms with E-state index in [1.165, 1.54) is 12.1 Å². The van der Waals surface area contributed by atoms with Crippen LogP contribution in [0.5, 0.6) is 0 Å². The van der Waals surface area contributed by atoms with Crippen molar-refractivity contribution in [1.82, 2.24) is 9.97 Å². The van der Waals surface area contributed by atoms with Gasteiger partial charge in [0.15, 0.2) is 5.16 Å². The number of benzene rings is 2. The van der Waals surface area contributed by atoms with Crippen molar-refractivity contribution >= 4 is 51.7 Å². The fourth-order valence-corrected chi connectivity index (χ4v) is 3.49. The van der Waals surface area contributed by atoms with Gasteiger partial charge < -0.3 is 10.6 Å². The number of aromatic nitrogens is 2. The van der Waals surface area contributed by atoms with Crippen LogP contribution in [0.1, 0.15) is 12.5 Å². The maximum absolute atomic E-state index is 13.2. The normalized spacial score (nSPS) is 11.5. The number of nitrogens with zero attached hydrogens (tertiary/aromatic N) is 2. The standard InChI is InChI=1S/C19H16ClF3N4OS/c1-2-24-17-11-6-3-4-9-14(11)25-18(27-17)29-10-15(28)26-16-12(19(21,22)23)7-5-8-13(16)20/h3-9H,2,10H2,1H3,(H,26,28)(H,24,25,27). The summed E-state index contributed by atoms with van der Waals surface area (Å²) in [5.74, 6) is -0.186. The second-order valence-electron chi connectivity index (χ2n) is 5.90. The third kappa shape index (κ3) is 5.10. The van der Waals surface area contributed by atoms with Crippen LogP contribution < -0.4 is 10.6 Å². The fourth-order valence-electron chi connectivity index (χ4n) is 2.62. The third-order valence-electron chi connectivity index (χ3n) is 3.84. The summed E-state index contributed by atoms with van der Waals surface area (Å²) in [6, 6.07) is 10.7. The number of hydrogen-bond donors (Lipinski definition) is 2. The van der Waals surface area contributed by atoms with Crippen molar-refractivity contribution in [2.24, 2.45) is 0 Å². The summed E-state index contributed by atoms with van der Waals surface area (Å²) >= 11 is 6.89. The zero-order valence-corrected chi connectivity index (χ0v) is 16.8. The molecule has 0 unspecified atom stereocenters. The van der Waals surface area contributed by atoms with Crippen molar-refractivity contribution < 1.29 is 18.0 Å². The molecule has 2 aromatic carbocycles. The van der Waals surface area contributed by atoms with E-state index in [2.05, 4.69) is 20.6 Å². The Bertz CT molecular complexity index is 1050. The van der Waals surface area contributed by atoms with Crippen molar-refractivity contribution in [1.29, 1.82) is 0 Å². The molecular formula is C19H16ClF3N4OS. The summed E-state index contributed by atoms with van der Waals surface area (Å²) < 4.78 is 39.5. The molecule has 5 nitrogen and oxygen atoms in total. The van der Waals surface area contributed by atoms with Gasteiger partial charge in [0.25, 0.3) is 0 Å². The minimum atomic E-state index is -4.64. The number of carbonyl (C=O) groups is 1. The summed E-state index contributed by atoms with van der Waals surface area (Å²) in [5.41, 5.74) is -0.758. The predicted molar refractivity (Wildman–Crippen MR) is 110 cm³/mol. The first-order chi connectivity index (χ1) is 13.8. The highest BCUT2D eigenvalue weighted by Crippen LogP contribution is 2.38. The van der Waals surface area contributed by atoms with E-state index in [-0.39, 0.29) is 10.8 Å². The number of amides is 1. The highest BCUT2D eigenvalue weighted by molar-refractivity contribution is 7.99. The van der Waals surface area contributed by atoms with E-state index >= 15 is 0 Å². The molecular weight excluding hydrogens is 425 g/mol. The second kappa shape index (κ2) is 8.87. The lowest BCUT2D eigenvalue weighted by Gasteiger charge is -2.15. The zero-order chi connectivity index (χ0) is 21.0. The van der Waals surface area contributed by atoms with Gasteiger partial charge in [-0.2, -0.15) is 13.2 Å². The molecule has 0 saturated carbocycles. The molecule has 0 atom stereocenters. The van der Waals surface area contributed by atoms with Gasteiger partial charge >= 0.3 is 6.18 Å². The minimum absolute atomic E-state index is 0.174. The number of nitrogens with one attached hydrogen (secondary N) is 2. The molecule has 2 N–H and O–H groups in total. The number of halogens is 4. The van der Waals surface area contributed by atoms with E-state index in [0.717, 1.165) is 23.2 Å². The molecule has 3 rings (SSSR count). The lowest BCUT2D eigenvalue weighted by Crippen LogP contribution is -2.18. The average molecular weight is 441 g/mol. The van der Waals surface area contributed by atoms with Crippen molar-refractivity contribution in [3.63, 3.8) is 0 Å². The highest BCUT2D eigenvalue weighted by Gasteiger charge is 2.34. The van der Waals surface area contributed by atoms with E-state index in [1.807, 2.05) is 31.2 Å². The molecule has 10 heteroatoms. The van der Waals surface area contributed by atoms with Crippen LogP contribution in [-0.2, 0) is 11.0 Å². The molecule has 152 valence electrons. The summed E-state index contributed by atoms with van der Waals surface area (Å²) in [6.07, 6.45) is -4.64. The van der Waals surface area contributed by atoms with Crippen LogP contribution in [0.3, 0.4) is 0 Å². The van der Waals surface area contributed by atoms with Gasteiger partial charge in [-0.1, -0.05) is 41.6 Å². The smallest absolute Gasteiger partial charge is 0.370 e. The quantitative estimate of drug-likeness (QED) is 0.393. The molecule has 0 spiro atoms. The number of fused-ring (bicyclic) bond motifs is 1. The first-order valence-electron chi connectivity index (χ1n) is 8.58. The Morgan fingerprint density at radius 3 is 2.62 bits per heavy atom. The van der Waals surface area contributed by atoms with Gasteiger partial charge in [-0.25, -0.2) is 9.97 Å². The topological polar surface area (TPSA) is 66.9 Å². The lowest BCUT2D eigenvalue weighted by atomic mass is 10.1. The predicted octanol–water partition coefficient (Wildman–Crippen LogP) is 5.46. The number of thioether (sulfide) groups is 1. The van der Waals surface area contributed by atoms with Crippen LogP contribution in [0.25, 0.3) is 10.9 Å². The van der Waals surface area contributed by atoms with Gasteiger partial charge in [0.05, 0.1) is 27.5 Å². The first-order valence-corrected chi connectivity index (χ1v) is 9.95. The molecule has 29 heavy (non-hydrogen) atoms. The lowest BCUT2D eigenvalue weighted by molar-refractivity contribution is -0.137. The molecule has 0 saturated heterocycles. The molecule has 1 heterocycles. The van der Waals surface area contributed by atoms with Crippen LogP contribution in [0.15, 0.2) is 47.6 Å². The number of alkyl halides is 3. The molecule has 0 bridgehead atoms. The van der Waals surface area contributed by atoms with Crippen LogP contribution in [-0.4, -0.2) is 28.2 Å². The van der Waals surface area contributed by atoms with E-state index in [9.17, 15) is 18.0 Å². The van der Waals surface area contributed by atoms with Crippen molar-refractivity contribution in [2.45, 2.75) is 18.3 Å². The summed E-state index contributed by atoms with van der Waals surface area (Å²) in [6.45, 7) is 2.58. The molecule has 0 fully saturated rings. The van der Waals surface area contributed by atoms with Crippen molar-refractivity contribution in [3.8, 4) is 0 Å².